The van der Waals surface area contributed by atoms with Gasteiger partial charge in [-0.15, -0.1) is 0 Å². The molecule has 1 saturated carbocycles. The van der Waals surface area contributed by atoms with E-state index < -0.39 is 0 Å². The van der Waals surface area contributed by atoms with E-state index in [-0.39, 0.29) is 0 Å². The Morgan fingerprint density at radius 3 is 2.87 bits per heavy atom. The summed E-state index contributed by atoms with van der Waals surface area (Å²) in [5.41, 5.74) is 0. The molecule has 1 heterocycles. The van der Waals surface area contributed by atoms with Gasteiger partial charge in [0.25, 0.3) is 0 Å². The van der Waals surface area contributed by atoms with Crippen molar-refractivity contribution >= 4 is 0 Å². The van der Waals surface area contributed by atoms with E-state index >= 15 is 0 Å². The van der Waals surface area contributed by atoms with E-state index in [1.165, 1.54) is 19.3 Å². The van der Waals surface area contributed by atoms with Crippen LogP contribution in [0.15, 0.2) is 18.5 Å². The van der Waals surface area contributed by atoms with Crippen LogP contribution in [-0.4, -0.2) is 21.9 Å². The molecule has 2 atom stereocenters. The summed E-state index contributed by atoms with van der Waals surface area (Å²) in [4.78, 5) is 0. The minimum atomic E-state index is 0.510. The number of rotatable bonds is 6. The van der Waals surface area contributed by atoms with Crippen molar-refractivity contribution in [2.75, 3.05) is 0 Å². The molecule has 1 N–H and O–H groups in total. The average molecular weight is 207 g/mol. The lowest BCUT2D eigenvalue weighted by atomic mass is 10.1. The molecule has 0 amide bonds. The second kappa shape index (κ2) is 4.79. The Kier molecular flexibility index (Phi) is 3.41. The molecule has 0 aromatic carbocycles. The third kappa shape index (κ3) is 3.06. The molecule has 0 spiro atoms. The smallest absolute Gasteiger partial charge is 0.0560 e. The summed E-state index contributed by atoms with van der Waals surface area (Å²) >= 11 is 0. The second-order valence-electron chi connectivity index (χ2n) is 4.65. The summed E-state index contributed by atoms with van der Waals surface area (Å²) in [6.07, 6.45) is 7.94. The molecule has 1 aliphatic rings. The molecule has 0 aliphatic heterocycles. The van der Waals surface area contributed by atoms with Gasteiger partial charge in [-0.3, -0.25) is 4.68 Å². The van der Waals surface area contributed by atoms with E-state index in [0.717, 1.165) is 18.5 Å². The van der Waals surface area contributed by atoms with Crippen LogP contribution in [-0.2, 0) is 6.54 Å². The first-order valence-corrected chi connectivity index (χ1v) is 6.03. The summed E-state index contributed by atoms with van der Waals surface area (Å²) in [6.45, 7) is 5.49. The van der Waals surface area contributed by atoms with E-state index in [4.69, 9.17) is 0 Å². The van der Waals surface area contributed by atoms with Gasteiger partial charge in [0.15, 0.2) is 0 Å². The Bertz CT molecular complexity index is 277. The lowest BCUT2D eigenvalue weighted by molar-refractivity contribution is 0.362. The Balaban J connectivity index is 1.78. The van der Waals surface area contributed by atoms with Crippen molar-refractivity contribution in [3.05, 3.63) is 18.5 Å². The van der Waals surface area contributed by atoms with Crippen LogP contribution in [0.1, 0.15) is 33.1 Å². The highest BCUT2D eigenvalue weighted by Crippen LogP contribution is 2.34. The van der Waals surface area contributed by atoms with Crippen molar-refractivity contribution in [2.45, 2.75) is 51.7 Å². The maximum Gasteiger partial charge on any atom is 0.0560 e. The monoisotopic (exact) mass is 207 g/mol. The first-order valence-electron chi connectivity index (χ1n) is 6.03. The summed E-state index contributed by atoms with van der Waals surface area (Å²) in [7, 11) is 0. The van der Waals surface area contributed by atoms with Crippen molar-refractivity contribution in [3.63, 3.8) is 0 Å². The predicted octanol–water partition coefficient (Wildman–Crippen LogP) is 2.05. The van der Waals surface area contributed by atoms with Gasteiger partial charge in [-0.25, -0.2) is 0 Å². The minimum Gasteiger partial charge on any atom is -0.309 e. The van der Waals surface area contributed by atoms with E-state index in [1.807, 2.05) is 23.1 Å². The van der Waals surface area contributed by atoms with Crippen LogP contribution < -0.4 is 5.32 Å². The molecule has 0 saturated heterocycles. The number of nitrogens with zero attached hydrogens (tertiary/aromatic N) is 2. The molecular weight excluding hydrogens is 186 g/mol. The fourth-order valence-corrected chi connectivity index (χ4v) is 2.19. The van der Waals surface area contributed by atoms with Gasteiger partial charge in [-0.2, -0.15) is 5.10 Å². The quantitative estimate of drug-likeness (QED) is 0.773. The van der Waals surface area contributed by atoms with Gasteiger partial charge in [0.1, 0.15) is 0 Å². The van der Waals surface area contributed by atoms with E-state index in [2.05, 4.69) is 24.3 Å². The third-order valence-corrected chi connectivity index (χ3v) is 3.15. The zero-order valence-electron chi connectivity index (χ0n) is 9.69. The van der Waals surface area contributed by atoms with Crippen molar-refractivity contribution < 1.29 is 0 Å². The van der Waals surface area contributed by atoms with Crippen LogP contribution in [0.2, 0.25) is 0 Å². The fraction of sp³-hybridized carbons (Fsp3) is 0.750. The standard InChI is InChI=1S/C12H21N3/c1-3-12(11-5-6-11)14-10(2)9-15-8-4-7-13-15/h4,7-8,10-12,14H,3,5-6,9H2,1-2H3. The summed E-state index contributed by atoms with van der Waals surface area (Å²) in [5, 5.41) is 7.93. The van der Waals surface area contributed by atoms with Crippen molar-refractivity contribution in [1.82, 2.24) is 15.1 Å². The fourth-order valence-electron chi connectivity index (χ4n) is 2.19. The van der Waals surface area contributed by atoms with Crippen molar-refractivity contribution in [2.24, 2.45) is 5.92 Å². The predicted molar refractivity (Wildman–Crippen MR) is 61.6 cm³/mol. The zero-order valence-corrected chi connectivity index (χ0v) is 9.69. The Morgan fingerprint density at radius 1 is 1.53 bits per heavy atom. The third-order valence-electron chi connectivity index (χ3n) is 3.15. The molecule has 84 valence electrons. The van der Waals surface area contributed by atoms with E-state index in [1.54, 1.807) is 0 Å². The molecule has 1 aromatic heterocycles. The van der Waals surface area contributed by atoms with Crippen LogP contribution in [0.3, 0.4) is 0 Å². The van der Waals surface area contributed by atoms with Gasteiger partial charge < -0.3 is 5.32 Å². The number of hydrogen-bond donors (Lipinski definition) is 1. The molecule has 0 radical (unpaired) electrons. The van der Waals surface area contributed by atoms with Gasteiger partial charge >= 0.3 is 0 Å². The molecule has 1 aromatic rings. The molecule has 3 nitrogen and oxygen atoms in total. The lowest BCUT2D eigenvalue weighted by Gasteiger charge is -2.22. The molecule has 2 rings (SSSR count). The molecule has 0 bridgehead atoms. The number of hydrogen-bond acceptors (Lipinski definition) is 2. The van der Waals surface area contributed by atoms with Crippen LogP contribution in [0.4, 0.5) is 0 Å². The van der Waals surface area contributed by atoms with Crippen LogP contribution >= 0.6 is 0 Å². The normalized spacial score (nSPS) is 20.1. The van der Waals surface area contributed by atoms with Gasteiger partial charge in [-0.05, 0) is 38.2 Å². The molecule has 3 heteroatoms. The zero-order chi connectivity index (χ0) is 10.7. The maximum atomic E-state index is 4.23. The number of aromatic nitrogens is 2. The van der Waals surface area contributed by atoms with Crippen LogP contribution in [0.25, 0.3) is 0 Å². The molecule has 2 unspecified atom stereocenters. The highest BCUT2D eigenvalue weighted by atomic mass is 15.3. The van der Waals surface area contributed by atoms with E-state index in [0.29, 0.717) is 6.04 Å². The summed E-state index contributed by atoms with van der Waals surface area (Å²) in [5.74, 6) is 0.940. The lowest BCUT2D eigenvalue weighted by Crippen LogP contribution is -2.40. The molecule has 1 aliphatic carbocycles. The largest absolute Gasteiger partial charge is 0.309 e. The topological polar surface area (TPSA) is 29.9 Å². The maximum absolute atomic E-state index is 4.23. The Morgan fingerprint density at radius 2 is 2.33 bits per heavy atom. The molecular formula is C12H21N3. The SMILES string of the molecule is CCC(NC(C)Cn1cccn1)C1CC1. The van der Waals surface area contributed by atoms with Crippen LogP contribution in [0.5, 0.6) is 0 Å². The Labute approximate surface area is 91.9 Å². The van der Waals surface area contributed by atoms with Crippen LogP contribution in [0, 0.1) is 5.92 Å². The van der Waals surface area contributed by atoms with Gasteiger partial charge in [0.2, 0.25) is 0 Å². The molecule has 1 fully saturated rings. The van der Waals surface area contributed by atoms with E-state index in [9.17, 15) is 0 Å². The first kappa shape index (κ1) is 10.7. The summed E-state index contributed by atoms with van der Waals surface area (Å²) < 4.78 is 2.00. The highest BCUT2D eigenvalue weighted by Gasteiger charge is 2.30. The number of nitrogens with one attached hydrogen (secondary N) is 1. The minimum absolute atomic E-state index is 0.510. The Hall–Kier alpha value is -0.830. The highest BCUT2D eigenvalue weighted by molar-refractivity contribution is 4.87. The molecule has 15 heavy (non-hydrogen) atoms. The average Bonchev–Trinajstić information content (AvgIpc) is 2.95. The second-order valence-corrected chi connectivity index (χ2v) is 4.65. The van der Waals surface area contributed by atoms with Gasteiger partial charge in [0, 0.05) is 24.5 Å². The first-order chi connectivity index (χ1) is 7.29. The van der Waals surface area contributed by atoms with Crippen molar-refractivity contribution in [1.29, 1.82) is 0 Å². The van der Waals surface area contributed by atoms with Gasteiger partial charge in [0.05, 0.1) is 6.54 Å². The summed E-state index contributed by atoms with van der Waals surface area (Å²) in [6, 6.07) is 3.20. The van der Waals surface area contributed by atoms with Gasteiger partial charge in [-0.1, -0.05) is 6.92 Å². The van der Waals surface area contributed by atoms with Crippen molar-refractivity contribution in [3.8, 4) is 0 Å².